The number of anilines is 1. The summed E-state index contributed by atoms with van der Waals surface area (Å²) in [6, 6.07) is 13.8. The van der Waals surface area contributed by atoms with Crippen LogP contribution in [0.5, 0.6) is 0 Å². The molecule has 1 saturated heterocycles. The molecule has 1 aromatic heterocycles. The first-order chi connectivity index (χ1) is 11.3. The van der Waals surface area contributed by atoms with Crippen LogP contribution in [0.2, 0.25) is 0 Å². The summed E-state index contributed by atoms with van der Waals surface area (Å²) >= 11 is 5.48. The Morgan fingerprint density at radius 3 is 2.35 bits per heavy atom. The van der Waals surface area contributed by atoms with E-state index in [4.69, 9.17) is 17.0 Å². The number of aromatic nitrogens is 2. The highest BCUT2D eigenvalue weighted by molar-refractivity contribution is 7.80. The molecule has 6 heteroatoms. The van der Waals surface area contributed by atoms with Crippen molar-refractivity contribution in [2.45, 2.75) is 0 Å². The Hall–Kier alpha value is -2.31. The number of thiocarbonyl (C=S) groups is 1. The van der Waals surface area contributed by atoms with Crippen molar-refractivity contribution < 1.29 is 4.74 Å². The van der Waals surface area contributed by atoms with Gasteiger partial charge in [0.1, 0.15) is 0 Å². The van der Waals surface area contributed by atoms with E-state index in [1.54, 1.807) is 0 Å². The van der Waals surface area contributed by atoms with Crippen LogP contribution in [0.4, 0.5) is 5.69 Å². The molecule has 3 aromatic rings. The third-order valence-corrected chi connectivity index (χ3v) is 4.25. The Morgan fingerprint density at radius 2 is 1.61 bits per heavy atom. The normalized spacial score (nSPS) is 15.0. The molecule has 1 fully saturated rings. The Balaban J connectivity index is 1.62. The average molecular weight is 324 g/mol. The highest BCUT2D eigenvalue weighted by Gasteiger charge is 2.13. The predicted octanol–water partition coefficient (Wildman–Crippen LogP) is 2.81. The van der Waals surface area contributed by atoms with Crippen LogP contribution in [0.25, 0.3) is 22.1 Å². The lowest BCUT2D eigenvalue weighted by Gasteiger charge is -2.29. The molecule has 4 rings (SSSR count). The third kappa shape index (κ3) is 2.95. The van der Waals surface area contributed by atoms with E-state index in [9.17, 15) is 0 Å². The Bertz CT molecular complexity index is 877. The van der Waals surface area contributed by atoms with Crippen LogP contribution < -0.4 is 5.32 Å². The smallest absolute Gasteiger partial charge is 0.173 e. The maximum atomic E-state index is 5.48. The number of nitrogens with zero attached hydrogens (tertiary/aromatic N) is 3. The van der Waals surface area contributed by atoms with E-state index in [0.29, 0.717) is 0 Å². The summed E-state index contributed by atoms with van der Waals surface area (Å²) in [6.45, 7) is 3.09. The van der Waals surface area contributed by atoms with Gasteiger partial charge in [-0.25, -0.2) is 9.97 Å². The summed E-state index contributed by atoms with van der Waals surface area (Å²) in [6.07, 6.45) is 0. The second kappa shape index (κ2) is 6.06. The zero-order valence-electron chi connectivity index (χ0n) is 12.5. The fourth-order valence-corrected chi connectivity index (χ4v) is 2.97. The molecule has 0 spiro atoms. The van der Waals surface area contributed by atoms with Gasteiger partial charge in [0.2, 0.25) is 0 Å². The molecule has 0 unspecified atom stereocenters. The number of hydrogen-bond acceptors (Lipinski definition) is 4. The van der Waals surface area contributed by atoms with Crippen LogP contribution in [0, 0.1) is 0 Å². The molecule has 23 heavy (non-hydrogen) atoms. The fourth-order valence-electron chi connectivity index (χ4n) is 2.67. The molecule has 2 aromatic carbocycles. The van der Waals surface area contributed by atoms with Crippen LogP contribution in [-0.4, -0.2) is 46.3 Å². The van der Waals surface area contributed by atoms with Gasteiger partial charge in [-0.15, -0.1) is 0 Å². The van der Waals surface area contributed by atoms with Gasteiger partial charge in [-0.3, -0.25) is 0 Å². The van der Waals surface area contributed by atoms with Crippen LogP contribution in [0.3, 0.4) is 0 Å². The summed E-state index contributed by atoms with van der Waals surface area (Å²) in [4.78, 5) is 11.4. The van der Waals surface area contributed by atoms with Crippen molar-refractivity contribution in [3.05, 3.63) is 42.5 Å². The Kier molecular flexibility index (Phi) is 3.77. The van der Waals surface area contributed by atoms with Gasteiger partial charge in [0, 0.05) is 18.8 Å². The number of para-hydroxylation sites is 2. The summed E-state index contributed by atoms with van der Waals surface area (Å²) in [5.74, 6) is 0. The van der Waals surface area contributed by atoms with Gasteiger partial charge in [0.15, 0.2) is 5.11 Å². The Labute approximate surface area is 139 Å². The lowest BCUT2D eigenvalue weighted by Crippen LogP contribution is -2.42. The SMILES string of the molecule is S=C(Nc1ccc2nc3ccccc3nc2c1)N1CCOCC1. The van der Waals surface area contributed by atoms with E-state index in [2.05, 4.69) is 20.2 Å². The summed E-state index contributed by atoms with van der Waals surface area (Å²) in [7, 11) is 0. The van der Waals surface area contributed by atoms with Gasteiger partial charge >= 0.3 is 0 Å². The second-order valence-electron chi connectivity index (χ2n) is 5.45. The molecule has 0 amide bonds. The first-order valence-corrected chi connectivity index (χ1v) is 8.01. The molecule has 0 radical (unpaired) electrons. The van der Waals surface area contributed by atoms with E-state index in [1.165, 1.54) is 0 Å². The van der Waals surface area contributed by atoms with E-state index >= 15 is 0 Å². The fraction of sp³-hybridized carbons (Fsp3) is 0.235. The largest absolute Gasteiger partial charge is 0.378 e. The van der Waals surface area contributed by atoms with E-state index < -0.39 is 0 Å². The quantitative estimate of drug-likeness (QED) is 0.549. The monoisotopic (exact) mass is 324 g/mol. The number of fused-ring (bicyclic) bond motifs is 2. The molecule has 1 aliphatic heterocycles. The minimum absolute atomic E-state index is 0.719. The van der Waals surface area contributed by atoms with Crippen molar-refractivity contribution in [1.82, 2.24) is 14.9 Å². The average Bonchev–Trinajstić information content (AvgIpc) is 2.60. The Morgan fingerprint density at radius 1 is 0.957 bits per heavy atom. The zero-order chi connectivity index (χ0) is 15.6. The molecule has 1 N–H and O–H groups in total. The van der Waals surface area contributed by atoms with Gasteiger partial charge in [0.25, 0.3) is 0 Å². The topological polar surface area (TPSA) is 50.3 Å². The van der Waals surface area contributed by atoms with Crippen LogP contribution >= 0.6 is 12.2 Å². The maximum absolute atomic E-state index is 5.48. The second-order valence-corrected chi connectivity index (χ2v) is 5.83. The van der Waals surface area contributed by atoms with E-state index in [0.717, 1.165) is 59.2 Å². The highest BCUT2D eigenvalue weighted by atomic mass is 32.1. The molecule has 116 valence electrons. The van der Waals surface area contributed by atoms with Gasteiger partial charge in [0.05, 0.1) is 35.3 Å². The first kappa shape index (κ1) is 14.3. The van der Waals surface area contributed by atoms with Crippen LogP contribution in [0.15, 0.2) is 42.5 Å². The standard InChI is InChI=1S/C17H16N4OS/c23-17(21-7-9-22-10-8-21)18-12-5-6-15-16(11-12)20-14-4-2-1-3-13(14)19-15/h1-6,11H,7-10H2,(H,18,23). The van der Waals surface area contributed by atoms with Crippen LogP contribution in [-0.2, 0) is 4.74 Å². The van der Waals surface area contributed by atoms with Crippen molar-refractivity contribution in [2.24, 2.45) is 0 Å². The zero-order valence-corrected chi connectivity index (χ0v) is 13.3. The number of hydrogen-bond donors (Lipinski definition) is 1. The van der Waals surface area contributed by atoms with Gasteiger partial charge in [-0.1, -0.05) is 12.1 Å². The molecule has 0 atom stereocenters. The number of rotatable bonds is 1. The van der Waals surface area contributed by atoms with Crippen molar-refractivity contribution in [2.75, 3.05) is 31.6 Å². The van der Waals surface area contributed by atoms with Crippen molar-refractivity contribution >= 4 is 45.1 Å². The molecular formula is C17H16N4OS. The highest BCUT2D eigenvalue weighted by Crippen LogP contribution is 2.20. The van der Waals surface area contributed by atoms with Gasteiger partial charge in [-0.05, 0) is 42.5 Å². The molecular weight excluding hydrogens is 308 g/mol. The van der Waals surface area contributed by atoms with Crippen molar-refractivity contribution in [3.8, 4) is 0 Å². The van der Waals surface area contributed by atoms with Crippen molar-refractivity contribution in [3.63, 3.8) is 0 Å². The third-order valence-electron chi connectivity index (χ3n) is 3.89. The molecule has 1 aliphatic rings. The maximum Gasteiger partial charge on any atom is 0.173 e. The number of ether oxygens (including phenoxy) is 1. The molecule has 0 saturated carbocycles. The lowest BCUT2D eigenvalue weighted by molar-refractivity contribution is 0.0690. The molecule has 0 aliphatic carbocycles. The lowest BCUT2D eigenvalue weighted by atomic mass is 10.2. The van der Waals surface area contributed by atoms with Gasteiger partial charge < -0.3 is 15.0 Å². The minimum atomic E-state index is 0.719. The summed E-state index contributed by atoms with van der Waals surface area (Å²) in [5, 5.41) is 4.01. The molecule has 2 heterocycles. The summed E-state index contributed by atoms with van der Waals surface area (Å²) in [5.41, 5.74) is 4.47. The number of benzene rings is 2. The number of nitrogens with one attached hydrogen (secondary N) is 1. The first-order valence-electron chi connectivity index (χ1n) is 7.60. The van der Waals surface area contributed by atoms with E-state index in [1.807, 2.05) is 42.5 Å². The van der Waals surface area contributed by atoms with E-state index in [-0.39, 0.29) is 0 Å². The van der Waals surface area contributed by atoms with Crippen molar-refractivity contribution in [1.29, 1.82) is 0 Å². The summed E-state index contributed by atoms with van der Waals surface area (Å²) < 4.78 is 5.35. The number of morpholine rings is 1. The minimum Gasteiger partial charge on any atom is -0.378 e. The van der Waals surface area contributed by atoms with Gasteiger partial charge in [-0.2, -0.15) is 0 Å². The van der Waals surface area contributed by atoms with Crippen LogP contribution in [0.1, 0.15) is 0 Å². The predicted molar refractivity (Wildman–Crippen MR) is 95.7 cm³/mol. The molecule has 0 bridgehead atoms. The molecule has 5 nitrogen and oxygen atoms in total.